The summed E-state index contributed by atoms with van der Waals surface area (Å²) in [6.07, 6.45) is 0.701. The smallest absolute Gasteiger partial charge is 0.354 e. The third-order valence-corrected chi connectivity index (χ3v) is 6.49. The number of H-pyrrole nitrogens is 1. The third kappa shape index (κ3) is 4.63. The van der Waals surface area contributed by atoms with Crippen LogP contribution in [0, 0.1) is 13.8 Å². The number of nitrogens with one attached hydrogen (secondary N) is 1. The van der Waals surface area contributed by atoms with Crippen molar-refractivity contribution in [3.63, 3.8) is 0 Å². The number of benzene rings is 1. The second-order valence-electron chi connectivity index (χ2n) is 8.40. The Bertz CT molecular complexity index is 1100. The average molecular weight is 468 g/mol. The summed E-state index contributed by atoms with van der Waals surface area (Å²) in [6, 6.07) is 8.52. The number of likely N-dealkylation sites (tertiary alicyclic amines) is 1. The molecule has 34 heavy (non-hydrogen) atoms. The molecule has 8 nitrogen and oxygen atoms in total. The molecule has 1 unspecified atom stereocenters. The van der Waals surface area contributed by atoms with Gasteiger partial charge in [-0.05, 0) is 51.0 Å². The molecule has 2 heterocycles. The number of carbonyl (C=O) groups excluding carboxylic acids is 3. The summed E-state index contributed by atoms with van der Waals surface area (Å²) in [5, 5.41) is 11.4. The van der Waals surface area contributed by atoms with Crippen LogP contribution in [0.3, 0.4) is 0 Å². The molecule has 1 saturated heterocycles. The Morgan fingerprint density at radius 1 is 1.15 bits per heavy atom. The first-order valence-corrected chi connectivity index (χ1v) is 11.6. The number of Topliss-reactive ketones (excluding diaryl/α,β-unsaturated/α-hetero) is 1. The van der Waals surface area contributed by atoms with Crippen molar-refractivity contribution in [1.82, 2.24) is 14.8 Å². The molecule has 1 aromatic heterocycles. The number of ether oxygens (including phenoxy) is 1. The molecule has 1 aromatic carbocycles. The summed E-state index contributed by atoms with van der Waals surface area (Å²) in [4.78, 5) is 45.2. The monoisotopic (exact) mass is 467 g/mol. The minimum absolute atomic E-state index is 0.0284. The summed E-state index contributed by atoms with van der Waals surface area (Å²) < 4.78 is 4.82. The van der Waals surface area contributed by atoms with Gasteiger partial charge in [-0.3, -0.25) is 9.59 Å². The number of carbonyl (C=O) groups is 3. The molecule has 0 radical (unpaired) electrons. The molecule has 1 fully saturated rings. The van der Waals surface area contributed by atoms with Gasteiger partial charge in [-0.1, -0.05) is 44.2 Å². The highest BCUT2D eigenvalue weighted by molar-refractivity contribution is 6.46. The van der Waals surface area contributed by atoms with Crippen molar-refractivity contribution in [3.05, 3.63) is 64.0 Å². The van der Waals surface area contributed by atoms with E-state index in [4.69, 9.17) is 4.74 Å². The first-order valence-electron chi connectivity index (χ1n) is 11.6. The zero-order valence-electron chi connectivity index (χ0n) is 20.5. The SMILES string of the molecule is CCN(CC)CCCN1C(=O)C(=O)/C(=C(\O)c2c(C)[nH]c(C(=O)OC)c2C)C1c1ccccc1. The van der Waals surface area contributed by atoms with Gasteiger partial charge in [0, 0.05) is 17.8 Å². The molecule has 2 aromatic rings. The maximum Gasteiger partial charge on any atom is 0.354 e. The van der Waals surface area contributed by atoms with Crippen LogP contribution in [-0.4, -0.2) is 70.8 Å². The van der Waals surface area contributed by atoms with Crippen LogP contribution in [-0.2, 0) is 14.3 Å². The highest BCUT2D eigenvalue weighted by Crippen LogP contribution is 2.40. The number of ketones is 1. The Labute approximate surface area is 200 Å². The van der Waals surface area contributed by atoms with Crippen molar-refractivity contribution in [2.75, 3.05) is 33.3 Å². The van der Waals surface area contributed by atoms with E-state index in [1.807, 2.05) is 30.3 Å². The number of aryl methyl sites for hydroxylation is 1. The van der Waals surface area contributed by atoms with Gasteiger partial charge in [0.25, 0.3) is 11.7 Å². The topological polar surface area (TPSA) is 103 Å². The highest BCUT2D eigenvalue weighted by atomic mass is 16.5. The van der Waals surface area contributed by atoms with Crippen LogP contribution in [0.2, 0.25) is 0 Å². The molecule has 182 valence electrons. The standard InChI is InChI=1S/C26H33N3O5/c1-6-28(7-2)14-11-15-29-22(18-12-9-8-10-13-18)20(24(31)25(29)32)23(30)19-16(3)21(26(33)34-5)27-17(19)4/h8-10,12-13,22,27,30H,6-7,11,14-15H2,1-5H3/b23-20-. The number of aromatic amines is 1. The molecule has 2 N–H and O–H groups in total. The zero-order chi connectivity index (χ0) is 25.0. The molecule has 0 spiro atoms. The number of esters is 1. The van der Waals surface area contributed by atoms with E-state index in [1.165, 1.54) is 7.11 Å². The van der Waals surface area contributed by atoms with E-state index in [-0.39, 0.29) is 17.0 Å². The maximum atomic E-state index is 13.2. The Morgan fingerprint density at radius 2 is 1.79 bits per heavy atom. The summed E-state index contributed by atoms with van der Waals surface area (Å²) in [7, 11) is 1.27. The fraction of sp³-hybridized carbons (Fsp3) is 0.423. The zero-order valence-corrected chi connectivity index (χ0v) is 20.5. The number of aliphatic hydroxyl groups is 1. The van der Waals surface area contributed by atoms with Gasteiger partial charge in [-0.2, -0.15) is 0 Å². The Balaban J connectivity index is 2.09. The van der Waals surface area contributed by atoms with Crippen LogP contribution in [0.5, 0.6) is 0 Å². The fourth-order valence-electron chi connectivity index (χ4n) is 4.64. The van der Waals surface area contributed by atoms with Crippen molar-refractivity contribution in [3.8, 4) is 0 Å². The van der Waals surface area contributed by atoms with E-state index in [2.05, 4.69) is 23.7 Å². The van der Waals surface area contributed by atoms with Gasteiger partial charge in [0.05, 0.1) is 18.7 Å². The predicted molar refractivity (Wildman–Crippen MR) is 129 cm³/mol. The van der Waals surface area contributed by atoms with Crippen LogP contribution in [0.25, 0.3) is 5.76 Å². The number of nitrogens with zero attached hydrogens (tertiary/aromatic N) is 2. The van der Waals surface area contributed by atoms with E-state index < -0.39 is 23.7 Å². The van der Waals surface area contributed by atoms with Gasteiger partial charge in [-0.25, -0.2) is 4.79 Å². The van der Waals surface area contributed by atoms with Crippen LogP contribution >= 0.6 is 0 Å². The minimum atomic E-state index is -0.728. The predicted octanol–water partition coefficient (Wildman–Crippen LogP) is 3.57. The first-order chi connectivity index (χ1) is 16.3. The normalized spacial score (nSPS) is 17.6. The average Bonchev–Trinajstić information content (AvgIpc) is 3.28. The van der Waals surface area contributed by atoms with Gasteiger partial charge in [0.1, 0.15) is 11.5 Å². The quantitative estimate of drug-likeness (QED) is 0.253. The number of rotatable bonds is 9. The molecule has 0 aliphatic carbocycles. The molecule has 0 saturated carbocycles. The van der Waals surface area contributed by atoms with E-state index >= 15 is 0 Å². The Kier molecular flexibility index (Phi) is 7.94. The maximum absolute atomic E-state index is 13.2. The van der Waals surface area contributed by atoms with Gasteiger partial charge >= 0.3 is 5.97 Å². The second-order valence-corrected chi connectivity index (χ2v) is 8.40. The third-order valence-electron chi connectivity index (χ3n) is 6.49. The number of amides is 1. The molecule has 1 aliphatic heterocycles. The number of hydrogen-bond donors (Lipinski definition) is 2. The lowest BCUT2D eigenvalue weighted by Gasteiger charge is -2.26. The summed E-state index contributed by atoms with van der Waals surface area (Å²) in [6.45, 7) is 10.5. The fourth-order valence-corrected chi connectivity index (χ4v) is 4.64. The number of aromatic nitrogens is 1. The first kappa shape index (κ1) is 25.2. The van der Waals surface area contributed by atoms with Gasteiger partial charge in [0.2, 0.25) is 0 Å². The van der Waals surface area contributed by atoms with E-state index in [1.54, 1.807) is 18.7 Å². The molecule has 8 heteroatoms. The second kappa shape index (κ2) is 10.7. The van der Waals surface area contributed by atoms with Gasteiger partial charge in [0.15, 0.2) is 0 Å². The summed E-state index contributed by atoms with van der Waals surface area (Å²) in [5.41, 5.74) is 2.27. The number of methoxy groups -OCH3 is 1. The molecular weight excluding hydrogens is 434 g/mol. The molecular formula is C26H33N3O5. The lowest BCUT2D eigenvalue weighted by Crippen LogP contribution is -2.33. The van der Waals surface area contributed by atoms with Crippen molar-refractivity contribution < 1.29 is 24.2 Å². The number of hydrogen-bond acceptors (Lipinski definition) is 6. The molecule has 3 rings (SSSR count). The van der Waals surface area contributed by atoms with Crippen molar-refractivity contribution in [1.29, 1.82) is 0 Å². The Morgan fingerprint density at radius 3 is 2.38 bits per heavy atom. The van der Waals surface area contributed by atoms with Crippen LogP contribution in [0.1, 0.15) is 59.2 Å². The van der Waals surface area contributed by atoms with E-state index in [0.717, 1.165) is 25.2 Å². The Hall–Kier alpha value is -3.39. The van der Waals surface area contributed by atoms with Crippen molar-refractivity contribution in [2.45, 2.75) is 40.2 Å². The number of aliphatic hydroxyl groups excluding tert-OH is 1. The minimum Gasteiger partial charge on any atom is -0.507 e. The summed E-state index contributed by atoms with van der Waals surface area (Å²) in [5.74, 6) is -2.22. The molecule has 1 atom stereocenters. The lowest BCUT2D eigenvalue weighted by atomic mass is 9.94. The molecule has 0 bridgehead atoms. The van der Waals surface area contributed by atoms with Crippen LogP contribution < -0.4 is 0 Å². The molecule has 1 aliphatic rings. The highest BCUT2D eigenvalue weighted by Gasteiger charge is 2.46. The lowest BCUT2D eigenvalue weighted by molar-refractivity contribution is -0.140. The largest absolute Gasteiger partial charge is 0.507 e. The van der Waals surface area contributed by atoms with Crippen LogP contribution in [0.4, 0.5) is 0 Å². The van der Waals surface area contributed by atoms with E-state index in [0.29, 0.717) is 29.8 Å². The summed E-state index contributed by atoms with van der Waals surface area (Å²) >= 11 is 0. The van der Waals surface area contributed by atoms with Crippen molar-refractivity contribution >= 4 is 23.4 Å². The van der Waals surface area contributed by atoms with E-state index in [9.17, 15) is 19.5 Å². The molecule has 1 amide bonds. The van der Waals surface area contributed by atoms with Gasteiger partial charge in [-0.15, -0.1) is 0 Å². The van der Waals surface area contributed by atoms with Crippen molar-refractivity contribution in [2.24, 2.45) is 0 Å². The van der Waals surface area contributed by atoms with Gasteiger partial charge < -0.3 is 24.6 Å². The van der Waals surface area contributed by atoms with Crippen LogP contribution in [0.15, 0.2) is 35.9 Å².